The van der Waals surface area contributed by atoms with E-state index in [-0.39, 0.29) is 23.7 Å². The molecule has 8 nitrogen and oxygen atoms in total. The highest BCUT2D eigenvalue weighted by molar-refractivity contribution is 6.07. The van der Waals surface area contributed by atoms with Crippen LogP contribution >= 0.6 is 0 Å². The molecule has 1 N–H and O–H groups in total. The topological polar surface area (TPSA) is 102 Å². The van der Waals surface area contributed by atoms with Gasteiger partial charge in [0.2, 0.25) is 11.8 Å². The summed E-state index contributed by atoms with van der Waals surface area (Å²) in [7, 11) is 1.51. The fraction of sp³-hybridized carbons (Fsp3) is 0.765. The van der Waals surface area contributed by atoms with Crippen LogP contribution in [0, 0.1) is 11.8 Å². The van der Waals surface area contributed by atoms with E-state index in [1.165, 1.54) is 21.0 Å². The molecule has 1 saturated carbocycles. The average Bonchev–Trinajstić information content (AvgIpc) is 2.85. The Morgan fingerprint density at radius 1 is 1.16 bits per heavy atom. The molecule has 0 bridgehead atoms. The van der Waals surface area contributed by atoms with Crippen LogP contribution in [0.2, 0.25) is 0 Å². The van der Waals surface area contributed by atoms with Gasteiger partial charge in [0.25, 0.3) is 5.91 Å². The number of carbonyl (C=O) groups is 4. The van der Waals surface area contributed by atoms with Gasteiger partial charge in [0, 0.05) is 13.7 Å². The number of amides is 3. The van der Waals surface area contributed by atoms with E-state index in [9.17, 15) is 19.2 Å². The second-order valence-electron chi connectivity index (χ2n) is 6.58. The highest BCUT2D eigenvalue weighted by Gasteiger charge is 2.51. The van der Waals surface area contributed by atoms with Gasteiger partial charge < -0.3 is 14.8 Å². The highest BCUT2D eigenvalue weighted by Crippen LogP contribution is 2.38. The van der Waals surface area contributed by atoms with Crippen molar-refractivity contribution in [2.45, 2.75) is 51.7 Å². The summed E-state index contributed by atoms with van der Waals surface area (Å²) in [5.74, 6) is -2.43. The lowest BCUT2D eigenvalue weighted by Crippen LogP contribution is -2.46. The Morgan fingerprint density at radius 2 is 1.72 bits per heavy atom. The van der Waals surface area contributed by atoms with Gasteiger partial charge in [-0.25, -0.2) is 4.79 Å². The van der Waals surface area contributed by atoms with Crippen molar-refractivity contribution in [3.8, 4) is 0 Å². The summed E-state index contributed by atoms with van der Waals surface area (Å²) in [6.07, 6.45) is 2.20. The number of fused-ring (bicyclic) bond motifs is 1. The minimum atomic E-state index is -1.03. The lowest BCUT2D eigenvalue weighted by molar-refractivity contribution is -0.164. The van der Waals surface area contributed by atoms with E-state index >= 15 is 0 Å². The Labute approximate surface area is 147 Å². The van der Waals surface area contributed by atoms with Gasteiger partial charge in [0.1, 0.15) is 6.04 Å². The van der Waals surface area contributed by atoms with Gasteiger partial charge in [0.15, 0.2) is 6.10 Å². The normalized spacial score (nSPS) is 25.3. The molecule has 2 aliphatic rings. The number of esters is 1. The van der Waals surface area contributed by atoms with Gasteiger partial charge in [-0.2, -0.15) is 0 Å². The first-order chi connectivity index (χ1) is 11.9. The SMILES string of the molecule is COCCNC(=O)[C@@H](C)OC(=O)[C@H](C)N1C(=O)[C@H]2CCCC[C@@H]2C1=O. The molecule has 0 unspecified atom stereocenters. The van der Waals surface area contributed by atoms with E-state index in [0.29, 0.717) is 26.0 Å². The Balaban J connectivity index is 1.94. The number of rotatable bonds is 7. The molecule has 3 amide bonds. The molecule has 0 aromatic rings. The van der Waals surface area contributed by atoms with Gasteiger partial charge in [-0.3, -0.25) is 19.3 Å². The van der Waals surface area contributed by atoms with Crippen molar-refractivity contribution in [3.63, 3.8) is 0 Å². The highest BCUT2D eigenvalue weighted by atomic mass is 16.5. The number of hydrogen-bond donors (Lipinski definition) is 1. The molecular weight excluding hydrogens is 328 g/mol. The number of methoxy groups -OCH3 is 1. The number of carbonyl (C=O) groups excluding carboxylic acids is 4. The lowest BCUT2D eigenvalue weighted by atomic mass is 9.81. The second kappa shape index (κ2) is 8.42. The summed E-state index contributed by atoms with van der Waals surface area (Å²) >= 11 is 0. The van der Waals surface area contributed by atoms with Crippen LogP contribution in [0.25, 0.3) is 0 Å². The summed E-state index contributed by atoms with van der Waals surface area (Å²) < 4.78 is 9.95. The Hall–Kier alpha value is -1.96. The van der Waals surface area contributed by atoms with Gasteiger partial charge in [-0.1, -0.05) is 12.8 Å². The molecule has 0 radical (unpaired) electrons. The van der Waals surface area contributed by atoms with Crippen molar-refractivity contribution in [1.82, 2.24) is 10.2 Å². The molecule has 0 aromatic carbocycles. The van der Waals surface area contributed by atoms with Crippen LogP contribution in [-0.4, -0.2) is 61.0 Å². The van der Waals surface area contributed by atoms with Gasteiger partial charge in [-0.05, 0) is 26.7 Å². The van der Waals surface area contributed by atoms with Crippen LogP contribution in [0.4, 0.5) is 0 Å². The van der Waals surface area contributed by atoms with E-state index in [4.69, 9.17) is 9.47 Å². The maximum atomic E-state index is 12.5. The van der Waals surface area contributed by atoms with E-state index in [1.807, 2.05) is 0 Å². The monoisotopic (exact) mass is 354 g/mol. The molecule has 1 heterocycles. The molecule has 8 heteroatoms. The lowest BCUT2D eigenvalue weighted by Gasteiger charge is -2.23. The first-order valence-corrected chi connectivity index (χ1v) is 8.72. The zero-order valence-electron chi connectivity index (χ0n) is 14.9. The van der Waals surface area contributed by atoms with Crippen LogP contribution in [0.3, 0.4) is 0 Å². The minimum absolute atomic E-state index is 0.295. The van der Waals surface area contributed by atoms with Crippen molar-refractivity contribution < 1.29 is 28.7 Å². The van der Waals surface area contributed by atoms with Crippen molar-refractivity contribution in [3.05, 3.63) is 0 Å². The first kappa shape index (κ1) is 19.4. The van der Waals surface area contributed by atoms with Crippen molar-refractivity contribution in [1.29, 1.82) is 0 Å². The smallest absolute Gasteiger partial charge is 0.329 e. The summed E-state index contributed by atoms with van der Waals surface area (Å²) in [6.45, 7) is 3.56. The molecular formula is C17H26N2O6. The maximum absolute atomic E-state index is 12.5. The predicted molar refractivity (Wildman–Crippen MR) is 87.2 cm³/mol. The standard InChI is InChI=1S/C17H26N2O6/c1-10(17(23)25-11(2)14(20)18-8-9-24-3)19-15(21)12-6-4-5-7-13(12)16(19)22/h10-13H,4-9H2,1-3H3,(H,18,20)/t10-,11+,12-,13-/m0/s1. The summed E-state index contributed by atoms with van der Waals surface area (Å²) in [4.78, 5) is 50.2. The third kappa shape index (κ3) is 4.18. The quantitative estimate of drug-likeness (QED) is 0.399. The Kier molecular flexibility index (Phi) is 6.52. The number of imide groups is 1. The van der Waals surface area contributed by atoms with E-state index in [2.05, 4.69) is 5.32 Å². The molecule has 2 fully saturated rings. The number of nitrogens with zero attached hydrogens (tertiary/aromatic N) is 1. The van der Waals surface area contributed by atoms with E-state index in [0.717, 1.165) is 17.7 Å². The van der Waals surface area contributed by atoms with Gasteiger partial charge in [-0.15, -0.1) is 0 Å². The molecule has 0 aromatic heterocycles. The van der Waals surface area contributed by atoms with E-state index < -0.39 is 24.0 Å². The maximum Gasteiger partial charge on any atom is 0.329 e. The molecule has 2 rings (SSSR count). The fourth-order valence-electron chi connectivity index (χ4n) is 3.42. The Morgan fingerprint density at radius 3 is 2.24 bits per heavy atom. The number of likely N-dealkylation sites (tertiary alicyclic amines) is 1. The molecule has 0 spiro atoms. The minimum Gasteiger partial charge on any atom is -0.451 e. The summed E-state index contributed by atoms with van der Waals surface area (Å²) in [6, 6.07) is -1.03. The molecule has 140 valence electrons. The number of hydrogen-bond acceptors (Lipinski definition) is 6. The largest absolute Gasteiger partial charge is 0.451 e. The van der Waals surface area contributed by atoms with Crippen molar-refractivity contribution >= 4 is 23.7 Å². The van der Waals surface area contributed by atoms with Gasteiger partial charge >= 0.3 is 5.97 Å². The Bertz CT molecular complexity index is 525. The molecule has 1 aliphatic heterocycles. The van der Waals surface area contributed by atoms with Crippen molar-refractivity contribution in [2.24, 2.45) is 11.8 Å². The summed E-state index contributed by atoms with van der Waals surface area (Å²) in [5.41, 5.74) is 0. The molecule has 1 aliphatic carbocycles. The molecule has 4 atom stereocenters. The third-order valence-electron chi connectivity index (χ3n) is 4.87. The zero-order valence-corrected chi connectivity index (χ0v) is 14.9. The van der Waals surface area contributed by atoms with Crippen LogP contribution in [0.15, 0.2) is 0 Å². The van der Waals surface area contributed by atoms with Crippen LogP contribution in [-0.2, 0) is 28.7 Å². The predicted octanol–water partition coefficient (Wildman–Crippen LogP) is 0.244. The van der Waals surface area contributed by atoms with Crippen LogP contribution in [0.1, 0.15) is 39.5 Å². The first-order valence-electron chi connectivity index (χ1n) is 8.72. The van der Waals surface area contributed by atoms with Crippen LogP contribution in [0.5, 0.6) is 0 Å². The zero-order chi connectivity index (χ0) is 18.6. The molecule has 1 saturated heterocycles. The van der Waals surface area contributed by atoms with Crippen molar-refractivity contribution in [2.75, 3.05) is 20.3 Å². The van der Waals surface area contributed by atoms with Crippen LogP contribution < -0.4 is 5.32 Å². The fourth-order valence-corrected chi connectivity index (χ4v) is 3.42. The number of nitrogens with one attached hydrogen (secondary N) is 1. The van der Waals surface area contributed by atoms with Gasteiger partial charge in [0.05, 0.1) is 18.4 Å². The average molecular weight is 354 g/mol. The summed E-state index contributed by atoms with van der Waals surface area (Å²) in [5, 5.41) is 2.57. The second-order valence-corrected chi connectivity index (χ2v) is 6.58. The molecule has 25 heavy (non-hydrogen) atoms. The van der Waals surface area contributed by atoms with E-state index in [1.54, 1.807) is 0 Å². The third-order valence-corrected chi connectivity index (χ3v) is 4.87. The number of ether oxygens (including phenoxy) is 2.